The summed E-state index contributed by atoms with van der Waals surface area (Å²) in [4.78, 5) is 2.41. The van der Waals surface area contributed by atoms with Gasteiger partial charge < -0.3 is 4.90 Å². The van der Waals surface area contributed by atoms with Crippen molar-refractivity contribution in [2.75, 3.05) is 11.9 Å². The summed E-state index contributed by atoms with van der Waals surface area (Å²) < 4.78 is 1.30. The molecule has 0 N–H and O–H groups in total. The average molecular weight is 351 g/mol. The van der Waals surface area contributed by atoms with Crippen LogP contribution in [0.3, 0.4) is 0 Å². The van der Waals surface area contributed by atoms with Gasteiger partial charge in [-0.2, -0.15) is 0 Å². The van der Waals surface area contributed by atoms with E-state index in [1.807, 2.05) is 0 Å². The maximum atomic E-state index is 2.41. The lowest BCUT2D eigenvalue weighted by Crippen LogP contribution is -2.36. The van der Waals surface area contributed by atoms with Gasteiger partial charge in [0.1, 0.15) is 0 Å². The minimum absolute atomic E-state index is 0.205. The van der Waals surface area contributed by atoms with Crippen LogP contribution in [-0.2, 0) is 5.41 Å². The summed E-state index contributed by atoms with van der Waals surface area (Å²) in [5.41, 5.74) is 3.10. The maximum Gasteiger partial charge on any atom is 0.0411 e. The van der Waals surface area contributed by atoms with E-state index in [0.29, 0.717) is 6.04 Å². The van der Waals surface area contributed by atoms with Crippen molar-refractivity contribution in [1.29, 1.82) is 0 Å². The van der Waals surface area contributed by atoms with E-state index in [2.05, 4.69) is 85.6 Å². The molecular weight excluding hydrogens is 333 g/mol. The lowest BCUT2D eigenvalue weighted by molar-refractivity contribution is 0.457. The van der Waals surface area contributed by atoms with Crippen LogP contribution in [0.2, 0.25) is 0 Å². The summed E-state index contributed by atoms with van der Waals surface area (Å²) in [6.07, 6.45) is 0. The standard InChI is InChI=1S/C16H18IN/c1-10-16(2,3)15-13-7-6-12(17)9-11(13)5-8-14(15)18(10)4/h5-10H,1-4H3. The number of halogens is 1. The zero-order chi connectivity index (χ0) is 13.1. The van der Waals surface area contributed by atoms with Gasteiger partial charge in [-0.25, -0.2) is 0 Å². The van der Waals surface area contributed by atoms with Crippen LogP contribution < -0.4 is 4.90 Å². The number of fused-ring (bicyclic) bond motifs is 3. The van der Waals surface area contributed by atoms with Crippen LogP contribution in [0.15, 0.2) is 30.3 Å². The van der Waals surface area contributed by atoms with Gasteiger partial charge in [-0.15, -0.1) is 0 Å². The Morgan fingerprint density at radius 2 is 1.89 bits per heavy atom. The number of rotatable bonds is 0. The maximum absolute atomic E-state index is 2.41. The molecule has 0 amide bonds. The Kier molecular flexibility index (Phi) is 2.63. The average Bonchev–Trinajstić information content (AvgIpc) is 2.51. The van der Waals surface area contributed by atoms with Gasteiger partial charge in [-0.1, -0.05) is 26.0 Å². The van der Waals surface area contributed by atoms with Crippen LogP contribution in [0.4, 0.5) is 5.69 Å². The van der Waals surface area contributed by atoms with Crippen molar-refractivity contribution >= 4 is 39.1 Å². The van der Waals surface area contributed by atoms with E-state index in [0.717, 1.165) is 0 Å². The number of nitrogens with zero attached hydrogens (tertiary/aromatic N) is 1. The Hall–Kier alpha value is -0.770. The summed E-state index contributed by atoms with van der Waals surface area (Å²) in [5, 5.41) is 2.77. The van der Waals surface area contributed by atoms with Gasteiger partial charge in [0.2, 0.25) is 0 Å². The molecule has 1 nitrogen and oxygen atoms in total. The van der Waals surface area contributed by atoms with E-state index in [1.165, 1.54) is 25.6 Å². The number of benzene rings is 2. The van der Waals surface area contributed by atoms with Gasteiger partial charge >= 0.3 is 0 Å². The molecule has 1 atom stereocenters. The van der Waals surface area contributed by atoms with Gasteiger partial charge in [-0.05, 0) is 64.0 Å². The second-order valence-electron chi connectivity index (χ2n) is 5.83. The minimum atomic E-state index is 0.205. The minimum Gasteiger partial charge on any atom is -0.371 e. The van der Waals surface area contributed by atoms with Crippen LogP contribution in [-0.4, -0.2) is 13.1 Å². The summed E-state index contributed by atoms with van der Waals surface area (Å²) >= 11 is 2.38. The molecule has 0 bridgehead atoms. The first-order valence-electron chi connectivity index (χ1n) is 6.38. The predicted molar refractivity (Wildman–Crippen MR) is 87.6 cm³/mol. The van der Waals surface area contributed by atoms with Gasteiger partial charge in [0.25, 0.3) is 0 Å². The highest BCUT2D eigenvalue weighted by atomic mass is 127. The smallest absolute Gasteiger partial charge is 0.0411 e. The molecule has 1 heterocycles. The molecule has 0 saturated carbocycles. The number of hydrogen-bond donors (Lipinski definition) is 0. The summed E-state index contributed by atoms with van der Waals surface area (Å²) in [6.45, 7) is 7.04. The first kappa shape index (κ1) is 12.3. The molecule has 2 heteroatoms. The second-order valence-corrected chi connectivity index (χ2v) is 7.08. The van der Waals surface area contributed by atoms with Crippen LogP contribution in [0, 0.1) is 3.57 Å². The highest BCUT2D eigenvalue weighted by Crippen LogP contribution is 2.47. The SMILES string of the molecule is CC1N(C)c2ccc3cc(I)ccc3c2C1(C)C. The first-order valence-corrected chi connectivity index (χ1v) is 7.46. The van der Waals surface area contributed by atoms with E-state index < -0.39 is 0 Å². The molecule has 0 aliphatic carbocycles. The van der Waals surface area contributed by atoms with Gasteiger partial charge in [0, 0.05) is 27.8 Å². The van der Waals surface area contributed by atoms with E-state index in [-0.39, 0.29) is 5.41 Å². The normalized spacial score (nSPS) is 21.4. The topological polar surface area (TPSA) is 3.24 Å². The molecule has 2 aromatic carbocycles. The fourth-order valence-corrected chi connectivity index (χ4v) is 3.68. The van der Waals surface area contributed by atoms with Crippen molar-refractivity contribution in [2.45, 2.75) is 32.2 Å². The zero-order valence-electron chi connectivity index (χ0n) is 11.3. The van der Waals surface area contributed by atoms with E-state index in [9.17, 15) is 0 Å². The Labute approximate surface area is 122 Å². The number of likely N-dealkylation sites (N-methyl/N-ethyl adjacent to an activating group) is 1. The zero-order valence-corrected chi connectivity index (χ0v) is 13.4. The molecule has 1 aliphatic heterocycles. The van der Waals surface area contributed by atoms with Crippen LogP contribution in [0.1, 0.15) is 26.3 Å². The third kappa shape index (κ3) is 1.51. The molecule has 0 saturated heterocycles. The number of anilines is 1. The highest BCUT2D eigenvalue weighted by molar-refractivity contribution is 14.1. The van der Waals surface area contributed by atoms with E-state index in [1.54, 1.807) is 0 Å². The van der Waals surface area contributed by atoms with Crippen molar-refractivity contribution in [2.24, 2.45) is 0 Å². The van der Waals surface area contributed by atoms with Crippen molar-refractivity contribution in [3.05, 3.63) is 39.5 Å². The number of hydrogen-bond acceptors (Lipinski definition) is 1. The Balaban J connectivity index is 2.40. The van der Waals surface area contributed by atoms with E-state index >= 15 is 0 Å². The Bertz CT molecular complexity index is 630. The summed E-state index contributed by atoms with van der Waals surface area (Å²) in [5.74, 6) is 0. The molecule has 1 unspecified atom stereocenters. The molecular formula is C16H18IN. The molecule has 0 spiro atoms. The predicted octanol–water partition coefficient (Wildman–Crippen LogP) is 4.56. The molecule has 2 aromatic rings. The molecule has 0 radical (unpaired) electrons. The molecule has 0 aromatic heterocycles. The van der Waals surface area contributed by atoms with Crippen LogP contribution >= 0.6 is 22.6 Å². The fourth-order valence-electron chi connectivity index (χ4n) is 3.16. The van der Waals surface area contributed by atoms with Crippen LogP contribution in [0.5, 0.6) is 0 Å². The lowest BCUT2D eigenvalue weighted by atomic mass is 9.79. The summed E-state index contributed by atoms with van der Waals surface area (Å²) in [6, 6.07) is 11.8. The Morgan fingerprint density at radius 3 is 2.61 bits per heavy atom. The Morgan fingerprint density at radius 1 is 1.17 bits per heavy atom. The molecule has 1 aliphatic rings. The largest absolute Gasteiger partial charge is 0.371 e. The summed E-state index contributed by atoms with van der Waals surface area (Å²) in [7, 11) is 2.21. The van der Waals surface area contributed by atoms with Gasteiger partial charge in [0.05, 0.1) is 0 Å². The van der Waals surface area contributed by atoms with Crippen molar-refractivity contribution in [1.82, 2.24) is 0 Å². The molecule has 94 valence electrons. The molecule has 0 fully saturated rings. The van der Waals surface area contributed by atoms with Gasteiger partial charge in [-0.3, -0.25) is 0 Å². The van der Waals surface area contributed by atoms with Crippen LogP contribution in [0.25, 0.3) is 10.8 Å². The van der Waals surface area contributed by atoms with Crippen molar-refractivity contribution in [3.8, 4) is 0 Å². The van der Waals surface area contributed by atoms with Crippen molar-refractivity contribution in [3.63, 3.8) is 0 Å². The monoisotopic (exact) mass is 351 g/mol. The first-order chi connectivity index (χ1) is 8.43. The fraction of sp³-hybridized carbons (Fsp3) is 0.375. The third-order valence-electron chi connectivity index (χ3n) is 4.61. The van der Waals surface area contributed by atoms with E-state index in [4.69, 9.17) is 0 Å². The van der Waals surface area contributed by atoms with Crippen molar-refractivity contribution < 1.29 is 0 Å². The van der Waals surface area contributed by atoms with Gasteiger partial charge in [0.15, 0.2) is 0 Å². The third-order valence-corrected chi connectivity index (χ3v) is 5.28. The quantitative estimate of drug-likeness (QED) is 0.629. The lowest BCUT2D eigenvalue weighted by Gasteiger charge is -2.28. The second kappa shape index (κ2) is 3.86. The highest BCUT2D eigenvalue weighted by Gasteiger charge is 2.41. The molecule has 18 heavy (non-hydrogen) atoms. The molecule has 3 rings (SSSR count).